The first-order valence-electron chi connectivity index (χ1n) is 12.9. The summed E-state index contributed by atoms with van der Waals surface area (Å²) in [5.74, 6) is 0.0469. The molecule has 0 saturated carbocycles. The highest BCUT2D eigenvalue weighted by atomic mass is 35.5. The third-order valence-electron chi connectivity index (χ3n) is 6.14. The quantitative estimate of drug-likeness (QED) is 0.154. The third-order valence-corrected chi connectivity index (χ3v) is 7.38. The summed E-state index contributed by atoms with van der Waals surface area (Å²) < 4.78 is 20.3. The molecule has 10 heteroatoms. The molecule has 1 N–H and O–H groups in total. The highest BCUT2D eigenvalue weighted by Crippen LogP contribution is 2.31. The Morgan fingerprint density at radius 1 is 1.02 bits per heavy atom. The number of thioether (sulfide) groups is 1. The van der Waals surface area contributed by atoms with Crippen molar-refractivity contribution in [1.29, 1.82) is 0 Å². The van der Waals surface area contributed by atoms with E-state index in [9.17, 15) is 14.0 Å². The van der Waals surface area contributed by atoms with Crippen LogP contribution in [0, 0.1) is 12.7 Å². The topological polar surface area (TPSA) is 86.1 Å². The number of hydrogen-bond donors (Lipinski definition) is 1. The number of benzene rings is 3. The first kappa shape index (κ1) is 29.3. The zero-order valence-corrected chi connectivity index (χ0v) is 23.8. The number of aromatic nitrogens is 3. The molecule has 0 radical (unpaired) electrons. The molecule has 3 aromatic carbocycles. The fourth-order valence-corrected chi connectivity index (χ4v) is 5.22. The van der Waals surface area contributed by atoms with Gasteiger partial charge in [0.2, 0.25) is 5.91 Å². The van der Waals surface area contributed by atoms with Crippen LogP contribution in [0.1, 0.15) is 48.3 Å². The fraction of sp³-hybridized carbons (Fsp3) is 0.267. The van der Waals surface area contributed by atoms with E-state index in [1.54, 1.807) is 19.1 Å². The zero-order chi connectivity index (χ0) is 28.5. The smallest absolute Gasteiger partial charge is 0.306 e. The van der Waals surface area contributed by atoms with Crippen LogP contribution in [0.4, 0.5) is 4.39 Å². The van der Waals surface area contributed by atoms with Gasteiger partial charge >= 0.3 is 5.97 Å². The van der Waals surface area contributed by atoms with Crippen LogP contribution in [0.5, 0.6) is 0 Å². The van der Waals surface area contributed by atoms with E-state index >= 15 is 0 Å². The lowest BCUT2D eigenvalue weighted by Crippen LogP contribution is -2.32. The summed E-state index contributed by atoms with van der Waals surface area (Å²) in [4.78, 5) is 24.9. The van der Waals surface area contributed by atoms with Gasteiger partial charge in [0.15, 0.2) is 11.0 Å². The second-order valence-electron chi connectivity index (χ2n) is 9.14. The zero-order valence-electron chi connectivity index (χ0n) is 22.3. The van der Waals surface area contributed by atoms with Crippen LogP contribution in [-0.2, 0) is 26.5 Å². The maximum Gasteiger partial charge on any atom is 0.306 e. The average molecular weight is 581 g/mol. The van der Waals surface area contributed by atoms with Gasteiger partial charge in [-0.3, -0.25) is 14.2 Å². The van der Waals surface area contributed by atoms with E-state index in [-0.39, 0.29) is 31.2 Å². The maximum absolute atomic E-state index is 13.4. The van der Waals surface area contributed by atoms with Gasteiger partial charge in [-0.2, -0.15) is 0 Å². The van der Waals surface area contributed by atoms with Crippen molar-refractivity contribution < 1.29 is 18.7 Å². The molecule has 0 saturated heterocycles. The van der Waals surface area contributed by atoms with Gasteiger partial charge in [0, 0.05) is 17.2 Å². The van der Waals surface area contributed by atoms with Gasteiger partial charge in [-0.05, 0) is 61.2 Å². The summed E-state index contributed by atoms with van der Waals surface area (Å²) in [5.41, 5.74) is 3.66. The highest BCUT2D eigenvalue weighted by Gasteiger charge is 2.26. The number of esters is 1. The van der Waals surface area contributed by atoms with Crippen LogP contribution in [-0.4, -0.2) is 33.2 Å². The molecule has 0 aliphatic rings. The van der Waals surface area contributed by atoms with Gasteiger partial charge in [-0.15, -0.1) is 10.2 Å². The Morgan fingerprint density at radius 3 is 2.50 bits per heavy atom. The standard InChI is InChI=1S/C30H30ClFN4O3S/c1-3-39-28(38)16-15-27(37)33-25(17-21-7-5-4-6-8-21)29-34-35-30(40-19-22-10-13-24(32)14-11-22)36(29)26-18-23(31)12-9-20(26)2/h4-14,18,25H,3,15-17,19H2,1-2H3,(H,33,37). The van der Waals surface area contributed by atoms with E-state index in [4.69, 9.17) is 16.3 Å². The van der Waals surface area contributed by atoms with E-state index in [1.165, 1.54) is 23.9 Å². The Bertz CT molecular complexity index is 1450. The molecule has 0 aliphatic carbocycles. The van der Waals surface area contributed by atoms with Crippen molar-refractivity contribution in [2.45, 2.75) is 50.1 Å². The highest BCUT2D eigenvalue weighted by molar-refractivity contribution is 7.98. The second kappa shape index (κ2) is 14.1. The van der Waals surface area contributed by atoms with Gasteiger partial charge < -0.3 is 10.1 Å². The monoisotopic (exact) mass is 580 g/mol. The largest absolute Gasteiger partial charge is 0.466 e. The maximum atomic E-state index is 13.4. The number of carbonyl (C=O) groups is 2. The van der Waals surface area contributed by atoms with Crippen LogP contribution in [0.3, 0.4) is 0 Å². The van der Waals surface area contributed by atoms with Crippen molar-refractivity contribution >= 4 is 35.2 Å². The molecular weight excluding hydrogens is 551 g/mol. The van der Waals surface area contributed by atoms with Crippen molar-refractivity contribution in [3.8, 4) is 5.69 Å². The molecule has 1 unspecified atom stereocenters. The average Bonchev–Trinajstić information content (AvgIpc) is 3.37. The predicted molar refractivity (Wildman–Crippen MR) is 154 cm³/mol. The van der Waals surface area contributed by atoms with Crippen molar-refractivity contribution in [3.05, 3.63) is 106 Å². The number of aryl methyl sites for hydroxylation is 1. The number of halogens is 2. The molecular formula is C30H30ClFN4O3S. The number of hydrogen-bond acceptors (Lipinski definition) is 6. The Balaban J connectivity index is 1.70. The molecule has 1 amide bonds. The normalized spacial score (nSPS) is 11.7. The summed E-state index contributed by atoms with van der Waals surface area (Å²) in [6.07, 6.45) is 0.420. The lowest BCUT2D eigenvalue weighted by molar-refractivity contribution is -0.144. The van der Waals surface area contributed by atoms with Crippen molar-refractivity contribution in [3.63, 3.8) is 0 Å². The number of ether oxygens (including phenoxy) is 1. The molecule has 1 aromatic heterocycles. The van der Waals surface area contributed by atoms with Crippen molar-refractivity contribution in [1.82, 2.24) is 20.1 Å². The minimum absolute atomic E-state index is 0.0133. The first-order chi connectivity index (χ1) is 19.3. The Hall–Kier alpha value is -3.69. The Labute approximate surface area is 242 Å². The molecule has 0 spiro atoms. The lowest BCUT2D eigenvalue weighted by atomic mass is 10.0. The molecule has 4 rings (SSSR count). The molecule has 1 heterocycles. The first-order valence-corrected chi connectivity index (χ1v) is 14.3. The number of amides is 1. The summed E-state index contributed by atoms with van der Waals surface area (Å²) in [6.45, 7) is 3.95. The van der Waals surface area contributed by atoms with Gasteiger partial charge in [0.25, 0.3) is 0 Å². The van der Waals surface area contributed by atoms with Crippen LogP contribution in [0.15, 0.2) is 78.0 Å². The summed E-state index contributed by atoms with van der Waals surface area (Å²) in [5, 5.41) is 13.3. The van der Waals surface area contributed by atoms with E-state index in [2.05, 4.69) is 15.5 Å². The fourth-order valence-electron chi connectivity index (χ4n) is 4.15. The van der Waals surface area contributed by atoms with E-state index in [1.807, 2.05) is 60.0 Å². The second-order valence-corrected chi connectivity index (χ2v) is 10.5. The molecule has 0 bridgehead atoms. The molecule has 4 aromatic rings. The van der Waals surface area contributed by atoms with Crippen molar-refractivity contribution in [2.75, 3.05) is 6.61 Å². The minimum atomic E-state index is -0.553. The molecule has 0 fully saturated rings. The van der Waals surface area contributed by atoms with Crippen LogP contribution >= 0.6 is 23.4 Å². The van der Waals surface area contributed by atoms with Crippen LogP contribution < -0.4 is 5.32 Å². The van der Waals surface area contributed by atoms with E-state index in [0.29, 0.717) is 28.2 Å². The number of nitrogens with one attached hydrogen (secondary N) is 1. The van der Waals surface area contributed by atoms with Gasteiger partial charge in [0.05, 0.1) is 24.8 Å². The Kier molecular flexibility index (Phi) is 10.3. The molecule has 7 nitrogen and oxygen atoms in total. The third kappa shape index (κ3) is 7.92. The summed E-state index contributed by atoms with van der Waals surface area (Å²) in [6, 6.07) is 21.1. The SMILES string of the molecule is CCOC(=O)CCC(=O)NC(Cc1ccccc1)c1nnc(SCc2ccc(F)cc2)n1-c1cc(Cl)ccc1C. The van der Waals surface area contributed by atoms with Gasteiger partial charge in [-0.1, -0.05) is 71.9 Å². The summed E-state index contributed by atoms with van der Waals surface area (Å²) >= 11 is 7.85. The van der Waals surface area contributed by atoms with Crippen molar-refractivity contribution in [2.24, 2.45) is 0 Å². The minimum Gasteiger partial charge on any atom is -0.466 e. The number of carbonyl (C=O) groups excluding carboxylic acids is 2. The van der Waals surface area contributed by atoms with E-state index < -0.39 is 12.0 Å². The van der Waals surface area contributed by atoms with E-state index in [0.717, 1.165) is 22.4 Å². The molecule has 0 aliphatic heterocycles. The van der Waals surface area contributed by atoms with Crippen LogP contribution in [0.25, 0.3) is 5.69 Å². The van der Waals surface area contributed by atoms with Gasteiger partial charge in [-0.25, -0.2) is 4.39 Å². The van der Waals surface area contributed by atoms with Gasteiger partial charge in [0.1, 0.15) is 5.82 Å². The summed E-state index contributed by atoms with van der Waals surface area (Å²) in [7, 11) is 0. The Morgan fingerprint density at radius 2 is 1.77 bits per heavy atom. The number of nitrogens with zero attached hydrogens (tertiary/aromatic N) is 3. The molecule has 40 heavy (non-hydrogen) atoms. The lowest BCUT2D eigenvalue weighted by Gasteiger charge is -2.21. The van der Waals surface area contributed by atoms with Crippen LogP contribution in [0.2, 0.25) is 5.02 Å². The number of rotatable bonds is 12. The molecule has 1 atom stereocenters. The molecule has 208 valence electrons. The predicted octanol–water partition coefficient (Wildman–Crippen LogP) is 6.40.